The fourth-order valence-electron chi connectivity index (χ4n) is 2.14. The maximum absolute atomic E-state index is 5.83. The third-order valence-electron chi connectivity index (χ3n) is 3.39. The van der Waals surface area contributed by atoms with Crippen LogP contribution in [0.2, 0.25) is 0 Å². The molecule has 21 heavy (non-hydrogen) atoms. The van der Waals surface area contributed by atoms with Gasteiger partial charge in [-0.15, -0.1) is 0 Å². The lowest BCUT2D eigenvalue weighted by atomic mass is 10.1. The minimum Gasteiger partial charge on any atom is -0.497 e. The molecule has 0 heterocycles. The van der Waals surface area contributed by atoms with Gasteiger partial charge < -0.3 is 19.5 Å². The van der Waals surface area contributed by atoms with Crippen molar-refractivity contribution >= 4 is 0 Å². The minimum absolute atomic E-state index is 0.104. The van der Waals surface area contributed by atoms with E-state index in [9.17, 15) is 0 Å². The smallest absolute Gasteiger partial charge is 0.123 e. The van der Waals surface area contributed by atoms with E-state index in [-0.39, 0.29) is 6.04 Å². The van der Waals surface area contributed by atoms with Gasteiger partial charge in [-0.2, -0.15) is 0 Å². The van der Waals surface area contributed by atoms with E-state index in [1.54, 1.807) is 14.2 Å². The molecule has 0 saturated carbocycles. The van der Waals surface area contributed by atoms with Gasteiger partial charge in [0.2, 0.25) is 0 Å². The van der Waals surface area contributed by atoms with Crippen molar-refractivity contribution in [3.63, 3.8) is 0 Å². The molecule has 0 aliphatic rings. The van der Waals surface area contributed by atoms with E-state index in [0.717, 1.165) is 36.6 Å². The summed E-state index contributed by atoms with van der Waals surface area (Å²) >= 11 is 0. The van der Waals surface area contributed by atoms with Crippen molar-refractivity contribution < 1.29 is 14.2 Å². The second-order valence-electron chi connectivity index (χ2n) is 5.48. The van der Waals surface area contributed by atoms with E-state index >= 15 is 0 Å². The monoisotopic (exact) mass is 295 g/mol. The number of likely N-dealkylation sites (N-methyl/N-ethyl adjacent to an activating group) is 1. The molecule has 1 aromatic rings. The summed E-state index contributed by atoms with van der Waals surface area (Å²) in [5, 5.41) is 3.45. The van der Waals surface area contributed by atoms with Crippen LogP contribution in [0.5, 0.6) is 11.5 Å². The van der Waals surface area contributed by atoms with Crippen LogP contribution < -0.4 is 14.8 Å². The highest BCUT2D eigenvalue weighted by Crippen LogP contribution is 2.29. The average molecular weight is 295 g/mol. The second kappa shape index (κ2) is 9.64. The molecule has 0 saturated heterocycles. The van der Waals surface area contributed by atoms with Gasteiger partial charge in [-0.05, 0) is 37.1 Å². The van der Waals surface area contributed by atoms with Crippen molar-refractivity contribution in [2.45, 2.75) is 33.2 Å². The average Bonchev–Trinajstić information content (AvgIpc) is 2.49. The Hall–Kier alpha value is -1.26. The Morgan fingerprint density at radius 2 is 1.90 bits per heavy atom. The van der Waals surface area contributed by atoms with Crippen LogP contribution in [0.25, 0.3) is 0 Å². The first kappa shape index (κ1) is 17.8. The largest absolute Gasteiger partial charge is 0.497 e. The first-order valence-electron chi connectivity index (χ1n) is 7.65. The van der Waals surface area contributed by atoms with Crippen LogP contribution in [0.3, 0.4) is 0 Å². The number of benzene rings is 1. The van der Waals surface area contributed by atoms with Crippen molar-refractivity contribution in [2.75, 3.05) is 34.0 Å². The van der Waals surface area contributed by atoms with E-state index in [2.05, 4.69) is 26.1 Å². The van der Waals surface area contributed by atoms with Crippen LogP contribution in [0.15, 0.2) is 18.2 Å². The maximum atomic E-state index is 5.83. The Morgan fingerprint density at radius 1 is 1.14 bits per heavy atom. The Balaban J connectivity index is 2.78. The molecule has 4 nitrogen and oxygen atoms in total. The van der Waals surface area contributed by atoms with Crippen LogP contribution >= 0.6 is 0 Å². The summed E-state index contributed by atoms with van der Waals surface area (Å²) in [5.74, 6) is 2.35. The van der Waals surface area contributed by atoms with E-state index in [1.165, 1.54) is 0 Å². The van der Waals surface area contributed by atoms with Crippen molar-refractivity contribution in [3.05, 3.63) is 23.8 Å². The van der Waals surface area contributed by atoms with Crippen LogP contribution in [0.4, 0.5) is 0 Å². The van der Waals surface area contributed by atoms with Crippen LogP contribution in [-0.2, 0) is 4.74 Å². The fourth-order valence-corrected chi connectivity index (χ4v) is 2.14. The van der Waals surface area contributed by atoms with Crippen molar-refractivity contribution in [1.82, 2.24) is 5.32 Å². The predicted molar refractivity (Wildman–Crippen MR) is 86.2 cm³/mol. The highest BCUT2D eigenvalue weighted by molar-refractivity contribution is 5.42. The summed E-state index contributed by atoms with van der Waals surface area (Å²) in [4.78, 5) is 0. The Kier molecular flexibility index (Phi) is 8.16. The van der Waals surface area contributed by atoms with Crippen molar-refractivity contribution in [2.24, 2.45) is 5.92 Å². The van der Waals surface area contributed by atoms with E-state index in [4.69, 9.17) is 14.2 Å². The van der Waals surface area contributed by atoms with Gasteiger partial charge in [0, 0.05) is 12.2 Å². The van der Waals surface area contributed by atoms with Gasteiger partial charge in [0.1, 0.15) is 11.5 Å². The first-order valence-corrected chi connectivity index (χ1v) is 7.65. The normalized spacial score (nSPS) is 12.5. The van der Waals surface area contributed by atoms with Gasteiger partial charge in [0.05, 0.1) is 26.9 Å². The molecule has 0 fully saturated rings. The standard InChI is InChI=1S/C17H29NO3/c1-6-18-16(12-21-10-9-13(2)3)15-11-14(19-4)7-8-17(15)20-5/h7-8,11,13,16,18H,6,9-10,12H2,1-5H3. The highest BCUT2D eigenvalue weighted by atomic mass is 16.5. The van der Waals surface area contributed by atoms with Gasteiger partial charge in [0.25, 0.3) is 0 Å². The van der Waals surface area contributed by atoms with E-state index in [1.807, 2.05) is 18.2 Å². The molecule has 1 rings (SSSR count). The number of hydrogen-bond donors (Lipinski definition) is 1. The molecule has 0 aromatic heterocycles. The third-order valence-corrected chi connectivity index (χ3v) is 3.39. The topological polar surface area (TPSA) is 39.7 Å². The number of rotatable bonds is 10. The molecule has 0 bridgehead atoms. The molecule has 0 spiro atoms. The Labute approximate surface area is 128 Å². The molecular weight excluding hydrogens is 266 g/mol. The number of ether oxygens (including phenoxy) is 3. The van der Waals surface area contributed by atoms with Gasteiger partial charge in [-0.1, -0.05) is 20.8 Å². The Morgan fingerprint density at radius 3 is 2.48 bits per heavy atom. The molecule has 1 atom stereocenters. The van der Waals surface area contributed by atoms with Crippen LogP contribution in [0.1, 0.15) is 38.8 Å². The lowest BCUT2D eigenvalue weighted by Gasteiger charge is -2.21. The molecule has 0 radical (unpaired) electrons. The van der Waals surface area contributed by atoms with Crippen LogP contribution in [0, 0.1) is 5.92 Å². The molecule has 120 valence electrons. The highest BCUT2D eigenvalue weighted by Gasteiger charge is 2.16. The molecule has 4 heteroatoms. The van der Waals surface area contributed by atoms with E-state index < -0.39 is 0 Å². The number of hydrogen-bond acceptors (Lipinski definition) is 4. The van der Waals surface area contributed by atoms with Gasteiger partial charge in [-0.25, -0.2) is 0 Å². The second-order valence-corrected chi connectivity index (χ2v) is 5.48. The molecular formula is C17H29NO3. The minimum atomic E-state index is 0.104. The third kappa shape index (κ3) is 5.94. The Bertz CT molecular complexity index is 407. The lowest BCUT2D eigenvalue weighted by molar-refractivity contribution is 0.102. The van der Waals surface area contributed by atoms with Crippen molar-refractivity contribution in [3.8, 4) is 11.5 Å². The first-order chi connectivity index (χ1) is 10.1. The SMILES string of the molecule is CCNC(COCCC(C)C)c1cc(OC)ccc1OC. The summed E-state index contributed by atoms with van der Waals surface area (Å²) in [6, 6.07) is 5.96. The summed E-state index contributed by atoms with van der Waals surface area (Å²) in [6.45, 7) is 8.79. The van der Waals surface area contributed by atoms with Gasteiger partial charge in [-0.3, -0.25) is 0 Å². The molecule has 0 amide bonds. The summed E-state index contributed by atoms with van der Waals surface area (Å²) in [7, 11) is 3.36. The summed E-state index contributed by atoms with van der Waals surface area (Å²) in [6.07, 6.45) is 1.08. The maximum Gasteiger partial charge on any atom is 0.123 e. The molecule has 0 aliphatic carbocycles. The van der Waals surface area contributed by atoms with Crippen LogP contribution in [-0.4, -0.2) is 34.0 Å². The van der Waals surface area contributed by atoms with E-state index in [0.29, 0.717) is 12.5 Å². The molecule has 1 unspecified atom stereocenters. The molecule has 0 aliphatic heterocycles. The zero-order valence-electron chi connectivity index (χ0n) is 13.9. The zero-order valence-corrected chi connectivity index (χ0v) is 13.9. The zero-order chi connectivity index (χ0) is 15.7. The van der Waals surface area contributed by atoms with Gasteiger partial charge >= 0.3 is 0 Å². The summed E-state index contributed by atoms with van der Waals surface area (Å²) < 4.78 is 16.6. The predicted octanol–water partition coefficient (Wildman–Crippen LogP) is 3.42. The number of methoxy groups -OCH3 is 2. The quantitative estimate of drug-likeness (QED) is 0.671. The summed E-state index contributed by atoms with van der Waals surface area (Å²) in [5.41, 5.74) is 1.07. The molecule has 1 aromatic carbocycles. The molecule has 1 N–H and O–H groups in total. The van der Waals surface area contributed by atoms with Crippen molar-refractivity contribution in [1.29, 1.82) is 0 Å². The lowest BCUT2D eigenvalue weighted by Crippen LogP contribution is -2.26. The fraction of sp³-hybridized carbons (Fsp3) is 0.647. The number of nitrogens with one attached hydrogen (secondary N) is 1. The van der Waals surface area contributed by atoms with Gasteiger partial charge in [0.15, 0.2) is 0 Å².